The third kappa shape index (κ3) is 3.58. The molecule has 0 spiro atoms. The number of Topliss-reactive ketones (excluding diaryl/α,β-unsaturated/α-hetero) is 1. The first kappa shape index (κ1) is 17.7. The summed E-state index contributed by atoms with van der Waals surface area (Å²) in [5, 5.41) is 3.27. The molecule has 0 unspecified atom stereocenters. The van der Waals surface area contributed by atoms with Gasteiger partial charge in [0.2, 0.25) is 5.82 Å². The second-order valence-electron chi connectivity index (χ2n) is 5.54. The summed E-state index contributed by atoms with van der Waals surface area (Å²) in [6, 6.07) is 11.0. The Morgan fingerprint density at radius 1 is 1.08 bits per heavy atom. The summed E-state index contributed by atoms with van der Waals surface area (Å²) < 4.78 is 44.5. The van der Waals surface area contributed by atoms with Crippen LogP contribution >= 0.6 is 0 Å². The predicted octanol–water partition coefficient (Wildman–Crippen LogP) is 4.60. The number of ketones is 1. The Hall–Kier alpha value is -3.16. The van der Waals surface area contributed by atoms with Gasteiger partial charge in [-0.25, -0.2) is 9.97 Å². The molecule has 0 aliphatic heterocycles. The summed E-state index contributed by atoms with van der Waals surface area (Å²) in [6.45, 7) is 1.43. The number of methoxy groups -OCH3 is 1. The van der Waals surface area contributed by atoms with E-state index in [0.29, 0.717) is 22.4 Å². The van der Waals surface area contributed by atoms with E-state index in [1.165, 1.54) is 20.1 Å². The number of hydrogen-bond acceptors (Lipinski definition) is 5. The molecule has 0 amide bonds. The maximum absolute atomic E-state index is 13.1. The molecule has 0 saturated heterocycles. The van der Waals surface area contributed by atoms with Crippen molar-refractivity contribution < 1.29 is 22.7 Å². The summed E-state index contributed by atoms with van der Waals surface area (Å²) in [5.74, 6) is -0.946. The minimum Gasteiger partial charge on any atom is -0.497 e. The predicted molar refractivity (Wildman–Crippen MR) is 90.8 cm³/mol. The zero-order valence-electron chi connectivity index (χ0n) is 13.9. The second-order valence-corrected chi connectivity index (χ2v) is 5.54. The lowest BCUT2D eigenvalue weighted by Gasteiger charge is -2.13. The number of carbonyl (C=O) groups is 1. The highest BCUT2D eigenvalue weighted by molar-refractivity contribution is 5.95. The first-order valence-electron chi connectivity index (χ1n) is 7.59. The fourth-order valence-corrected chi connectivity index (χ4v) is 2.38. The number of hydrogen-bond donors (Lipinski definition) is 1. The molecule has 3 rings (SSSR count). The number of alkyl halides is 3. The number of benzene rings is 2. The van der Waals surface area contributed by atoms with Gasteiger partial charge in [-0.2, -0.15) is 13.2 Å². The molecule has 5 nitrogen and oxygen atoms in total. The highest BCUT2D eigenvalue weighted by atomic mass is 19.4. The highest BCUT2D eigenvalue weighted by Crippen LogP contribution is 2.32. The number of aromatic nitrogens is 2. The van der Waals surface area contributed by atoms with E-state index in [9.17, 15) is 18.0 Å². The summed E-state index contributed by atoms with van der Waals surface area (Å²) >= 11 is 0. The number of halogens is 3. The minimum atomic E-state index is -4.69. The van der Waals surface area contributed by atoms with Gasteiger partial charge in [0, 0.05) is 22.7 Å². The molecule has 0 radical (unpaired) electrons. The maximum Gasteiger partial charge on any atom is 0.451 e. The van der Waals surface area contributed by atoms with Gasteiger partial charge in [0.15, 0.2) is 5.78 Å². The highest BCUT2D eigenvalue weighted by Gasteiger charge is 2.35. The Labute approximate surface area is 146 Å². The van der Waals surface area contributed by atoms with Crippen molar-refractivity contribution in [1.82, 2.24) is 9.97 Å². The van der Waals surface area contributed by atoms with Crippen molar-refractivity contribution in [3.63, 3.8) is 0 Å². The van der Waals surface area contributed by atoms with Gasteiger partial charge in [0.25, 0.3) is 0 Å². The topological polar surface area (TPSA) is 64.1 Å². The molecule has 26 heavy (non-hydrogen) atoms. The monoisotopic (exact) mass is 361 g/mol. The van der Waals surface area contributed by atoms with Crippen LogP contribution in [0, 0.1) is 0 Å². The molecule has 0 bridgehead atoms. The van der Waals surface area contributed by atoms with Gasteiger partial charge in [-0.15, -0.1) is 0 Å². The zero-order chi connectivity index (χ0) is 18.9. The normalized spacial score (nSPS) is 11.4. The van der Waals surface area contributed by atoms with E-state index in [0.717, 1.165) is 0 Å². The Bertz CT molecular complexity index is 970. The number of anilines is 2. The van der Waals surface area contributed by atoms with Gasteiger partial charge in [0.1, 0.15) is 11.6 Å². The van der Waals surface area contributed by atoms with Crippen LogP contribution in [0.5, 0.6) is 5.75 Å². The molecule has 1 N–H and O–H groups in total. The standard InChI is InChI=1S/C18H14F3N3O2/c1-10(25)11-3-5-12(6-4-11)22-16-14-8-7-13(26-2)9-15(14)23-17(24-16)18(19,20)21/h3-9H,1-2H3,(H,22,23,24). The molecule has 0 fully saturated rings. The fraction of sp³-hybridized carbons (Fsp3) is 0.167. The van der Waals surface area contributed by atoms with E-state index in [4.69, 9.17) is 4.74 Å². The van der Waals surface area contributed by atoms with Gasteiger partial charge in [0.05, 0.1) is 12.6 Å². The van der Waals surface area contributed by atoms with Gasteiger partial charge in [-0.05, 0) is 43.3 Å². The van der Waals surface area contributed by atoms with Gasteiger partial charge in [-0.1, -0.05) is 0 Å². The van der Waals surface area contributed by atoms with Gasteiger partial charge < -0.3 is 10.1 Å². The zero-order valence-corrected chi connectivity index (χ0v) is 13.9. The molecule has 134 valence electrons. The first-order valence-corrected chi connectivity index (χ1v) is 7.59. The lowest BCUT2D eigenvalue weighted by atomic mass is 10.1. The third-order valence-electron chi connectivity index (χ3n) is 3.71. The van der Waals surface area contributed by atoms with Crippen molar-refractivity contribution >= 4 is 28.2 Å². The molecule has 2 aromatic carbocycles. The van der Waals surface area contributed by atoms with Crippen LogP contribution in [0.2, 0.25) is 0 Å². The Kier molecular flexibility index (Phi) is 4.50. The molecule has 3 aromatic rings. The van der Waals surface area contributed by atoms with Gasteiger partial charge in [-0.3, -0.25) is 4.79 Å². The minimum absolute atomic E-state index is 0.0144. The third-order valence-corrected chi connectivity index (χ3v) is 3.71. The lowest BCUT2D eigenvalue weighted by Crippen LogP contribution is -2.12. The molecule has 0 aliphatic rings. The van der Waals surface area contributed by atoms with Crippen LogP contribution in [-0.2, 0) is 6.18 Å². The van der Waals surface area contributed by atoms with Crippen LogP contribution in [0.4, 0.5) is 24.7 Å². The van der Waals surface area contributed by atoms with E-state index in [2.05, 4.69) is 15.3 Å². The molecule has 1 aromatic heterocycles. The average Bonchev–Trinajstić information content (AvgIpc) is 2.60. The number of nitrogens with one attached hydrogen (secondary N) is 1. The average molecular weight is 361 g/mol. The Morgan fingerprint density at radius 3 is 2.35 bits per heavy atom. The summed E-state index contributed by atoms with van der Waals surface area (Å²) in [4.78, 5) is 18.5. The van der Waals surface area contributed by atoms with Crippen molar-refractivity contribution in [3.05, 3.63) is 53.9 Å². The van der Waals surface area contributed by atoms with Crippen LogP contribution in [0.25, 0.3) is 10.9 Å². The molecule has 0 saturated carbocycles. The quantitative estimate of drug-likeness (QED) is 0.688. The number of carbonyl (C=O) groups excluding carboxylic acids is 1. The van der Waals surface area contributed by atoms with Crippen molar-refractivity contribution in [2.24, 2.45) is 0 Å². The summed E-state index contributed by atoms with van der Waals surface area (Å²) in [7, 11) is 1.42. The van der Waals surface area contributed by atoms with Crippen molar-refractivity contribution in [3.8, 4) is 5.75 Å². The molecule has 8 heteroatoms. The van der Waals surface area contributed by atoms with E-state index >= 15 is 0 Å². The Balaban J connectivity index is 2.09. The smallest absolute Gasteiger partial charge is 0.451 e. The van der Waals surface area contributed by atoms with E-state index in [-0.39, 0.29) is 17.1 Å². The van der Waals surface area contributed by atoms with Crippen molar-refractivity contribution in [2.45, 2.75) is 13.1 Å². The molecular weight excluding hydrogens is 347 g/mol. The van der Waals surface area contributed by atoms with Crippen LogP contribution in [0.3, 0.4) is 0 Å². The number of fused-ring (bicyclic) bond motifs is 1. The molecule has 0 atom stereocenters. The Morgan fingerprint density at radius 2 is 1.77 bits per heavy atom. The molecule has 0 aliphatic carbocycles. The first-order chi connectivity index (χ1) is 12.3. The van der Waals surface area contributed by atoms with Crippen molar-refractivity contribution in [2.75, 3.05) is 12.4 Å². The largest absolute Gasteiger partial charge is 0.497 e. The number of ether oxygens (including phenoxy) is 1. The summed E-state index contributed by atoms with van der Waals surface area (Å²) in [6.07, 6.45) is -4.69. The van der Waals surface area contributed by atoms with Crippen LogP contribution in [-0.4, -0.2) is 22.9 Å². The van der Waals surface area contributed by atoms with Crippen LogP contribution < -0.4 is 10.1 Å². The van der Waals surface area contributed by atoms with E-state index in [1.807, 2.05) is 0 Å². The van der Waals surface area contributed by atoms with Crippen molar-refractivity contribution in [1.29, 1.82) is 0 Å². The number of rotatable bonds is 4. The van der Waals surface area contributed by atoms with Crippen LogP contribution in [0.1, 0.15) is 23.1 Å². The number of nitrogens with zero attached hydrogens (tertiary/aromatic N) is 2. The molecular formula is C18H14F3N3O2. The maximum atomic E-state index is 13.1. The molecule has 1 heterocycles. The van der Waals surface area contributed by atoms with E-state index < -0.39 is 12.0 Å². The summed E-state index contributed by atoms with van der Waals surface area (Å²) in [5.41, 5.74) is 1.11. The second kappa shape index (κ2) is 6.62. The van der Waals surface area contributed by atoms with E-state index in [1.54, 1.807) is 36.4 Å². The lowest BCUT2D eigenvalue weighted by molar-refractivity contribution is -0.144. The fourth-order valence-electron chi connectivity index (χ4n) is 2.38. The van der Waals surface area contributed by atoms with Crippen LogP contribution in [0.15, 0.2) is 42.5 Å². The SMILES string of the molecule is COc1ccc2c(Nc3ccc(C(C)=O)cc3)nc(C(F)(F)F)nc2c1. The van der Waals surface area contributed by atoms with Gasteiger partial charge >= 0.3 is 6.18 Å².